The molecule has 0 saturated heterocycles. The van der Waals surface area contributed by atoms with Crippen LogP contribution < -0.4 is 5.32 Å². The van der Waals surface area contributed by atoms with Gasteiger partial charge in [0.25, 0.3) is 5.69 Å². The van der Waals surface area contributed by atoms with Gasteiger partial charge in [-0.3, -0.25) is 10.1 Å². The Bertz CT molecular complexity index is 630. The van der Waals surface area contributed by atoms with Crippen molar-refractivity contribution in [1.82, 2.24) is 5.16 Å². The number of aromatic nitrogens is 1. The molecular formula is C15H19N3O3. The summed E-state index contributed by atoms with van der Waals surface area (Å²) in [6.07, 6.45) is 1.85. The highest BCUT2D eigenvalue weighted by molar-refractivity contribution is 5.55. The predicted molar refractivity (Wildman–Crippen MR) is 80.6 cm³/mol. The van der Waals surface area contributed by atoms with E-state index in [1.165, 1.54) is 6.07 Å². The number of anilines is 1. The zero-order valence-electron chi connectivity index (χ0n) is 12.5. The molecular weight excluding hydrogens is 270 g/mol. The summed E-state index contributed by atoms with van der Waals surface area (Å²) < 4.78 is 5.13. The Hall–Kier alpha value is -2.37. The Morgan fingerprint density at radius 2 is 2.10 bits per heavy atom. The first-order chi connectivity index (χ1) is 9.99. The summed E-state index contributed by atoms with van der Waals surface area (Å²) in [6, 6.07) is 4.85. The van der Waals surface area contributed by atoms with Crippen LogP contribution in [0.15, 0.2) is 22.7 Å². The van der Waals surface area contributed by atoms with Crippen LogP contribution in [-0.4, -0.2) is 16.6 Å². The van der Waals surface area contributed by atoms with E-state index in [0.29, 0.717) is 0 Å². The topological polar surface area (TPSA) is 81.2 Å². The van der Waals surface area contributed by atoms with Gasteiger partial charge in [0, 0.05) is 29.9 Å². The minimum atomic E-state index is -0.381. The molecule has 0 radical (unpaired) electrons. The number of aryl methyl sites for hydroxylation is 3. The second-order valence-corrected chi connectivity index (χ2v) is 5.09. The highest BCUT2D eigenvalue weighted by Crippen LogP contribution is 2.21. The lowest BCUT2D eigenvalue weighted by molar-refractivity contribution is -0.384. The van der Waals surface area contributed by atoms with Crippen molar-refractivity contribution in [3.63, 3.8) is 0 Å². The summed E-state index contributed by atoms with van der Waals surface area (Å²) in [6.45, 7) is 6.52. The Kier molecular flexibility index (Phi) is 4.57. The Balaban J connectivity index is 1.88. The van der Waals surface area contributed by atoms with Gasteiger partial charge in [-0.1, -0.05) is 5.16 Å². The van der Waals surface area contributed by atoms with Crippen LogP contribution in [-0.2, 0) is 6.42 Å². The standard InChI is InChI=1S/C15H19N3O3/c1-10-9-13(18(19)20)6-7-15(10)16-8-4-5-14-11(2)17-21-12(14)3/h6-7,9,16H,4-5,8H2,1-3H3. The summed E-state index contributed by atoms with van der Waals surface area (Å²) in [4.78, 5) is 10.3. The van der Waals surface area contributed by atoms with Gasteiger partial charge in [-0.25, -0.2) is 0 Å². The van der Waals surface area contributed by atoms with Gasteiger partial charge in [0.2, 0.25) is 0 Å². The lowest BCUT2D eigenvalue weighted by Gasteiger charge is -2.09. The maximum Gasteiger partial charge on any atom is 0.269 e. The van der Waals surface area contributed by atoms with Crippen LogP contribution >= 0.6 is 0 Å². The van der Waals surface area contributed by atoms with E-state index in [0.717, 1.165) is 47.7 Å². The molecule has 2 aromatic rings. The highest BCUT2D eigenvalue weighted by atomic mass is 16.6. The second kappa shape index (κ2) is 6.39. The number of hydrogen-bond donors (Lipinski definition) is 1. The maximum absolute atomic E-state index is 10.7. The number of non-ortho nitro benzene ring substituents is 1. The molecule has 112 valence electrons. The Labute approximate surface area is 123 Å². The normalized spacial score (nSPS) is 10.6. The van der Waals surface area contributed by atoms with Crippen LogP contribution in [0.2, 0.25) is 0 Å². The van der Waals surface area contributed by atoms with E-state index >= 15 is 0 Å². The molecule has 0 amide bonds. The maximum atomic E-state index is 10.7. The van der Waals surface area contributed by atoms with E-state index in [4.69, 9.17) is 4.52 Å². The molecule has 2 rings (SSSR count). The average Bonchev–Trinajstić information content (AvgIpc) is 2.76. The molecule has 1 heterocycles. The fourth-order valence-electron chi connectivity index (χ4n) is 2.31. The third kappa shape index (κ3) is 3.59. The molecule has 0 bridgehead atoms. The quantitative estimate of drug-likeness (QED) is 0.499. The second-order valence-electron chi connectivity index (χ2n) is 5.09. The Morgan fingerprint density at radius 3 is 2.67 bits per heavy atom. The smallest absolute Gasteiger partial charge is 0.269 e. The van der Waals surface area contributed by atoms with Gasteiger partial charge in [-0.15, -0.1) is 0 Å². The molecule has 1 aromatic carbocycles. The number of nitro benzene ring substituents is 1. The van der Waals surface area contributed by atoms with E-state index in [2.05, 4.69) is 10.5 Å². The molecule has 1 N–H and O–H groups in total. The number of nitrogens with zero attached hydrogens (tertiary/aromatic N) is 2. The molecule has 0 unspecified atom stereocenters. The van der Waals surface area contributed by atoms with Crippen molar-refractivity contribution < 1.29 is 9.45 Å². The largest absolute Gasteiger partial charge is 0.385 e. The minimum absolute atomic E-state index is 0.119. The summed E-state index contributed by atoms with van der Waals surface area (Å²) in [5.41, 5.74) is 4.03. The summed E-state index contributed by atoms with van der Waals surface area (Å²) >= 11 is 0. The first-order valence-electron chi connectivity index (χ1n) is 6.89. The highest BCUT2D eigenvalue weighted by Gasteiger charge is 2.09. The van der Waals surface area contributed by atoms with E-state index in [9.17, 15) is 10.1 Å². The molecule has 0 aliphatic heterocycles. The van der Waals surface area contributed by atoms with E-state index < -0.39 is 0 Å². The third-order valence-corrected chi connectivity index (χ3v) is 3.52. The monoisotopic (exact) mass is 289 g/mol. The van der Waals surface area contributed by atoms with Gasteiger partial charge in [0.05, 0.1) is 10.6 Å². The molecule has 1 aromatic heterocycles. The van der Waals surface area contributed by atoms with Gasteiger partial charge < -0.3 is 9.84 Å². The SMILES string of the molecule is Cc1cc([N+](=O)[O-])ccc1NCCCc1c(C)noc1C. The molecule has 0 aliphatic carbocycles. The van der Waals surface area contributed by atoms with Gasteiger partial charge in [0.1, 0.15) is 5.76 Å². The molecule has 21 heavy (non-hydrogen) atoms. The van der Waals surface area contributed by atoms with Crippen LogP contribution in [0.25, 0.3) is 0 Å². The van der Waals surface area contributed by atoms with Crippen molar-refractivity contribution >= 4 is 11.4 Å². The number of nitrogens with one attached hydrogen (secondary N) is 1. The Morgan fingerprint density at radius 1 is 1.33 bits per heavy atom. The van der Waals surface area contributed by atoms with Gasteiger partial charge in [0.15, 0.2) is 0 Å². The number of rotatable bonds is 6. The summed E-state index contributed by atoms with van der Waals surface area (Å²) in [5.74, 6) is 0.874. The first kappa shape index (κ1) is 15.0. The predicted octanol–water partition coefficient (Wildman–Crippen LogP) is 3.55. The van der Waals surface area contributed by atoms with Crippen molar-refractivity contribution in [2.24, 2.45) is 0 Å². The fraction of sp³-hybridized carbons (Fsp3) is 0.400. The van der Waals surface area contributed by atoms with Crippen LogP contribution in [0, 0.1) is 30.9 Å². The first-order valence-corrected chi connectivity index (χ1v) is 6.89. The van der Waals surface area contributed by atoms with Gasteiger partial charge in [-0.05, 0) is 45.2 Å². The van der Waals surface area contributed by atoms with E-state index in [1.54, 1.807) is 12.1 Å². The van der Waals surface area contributed by atoms with Crippen LogP contribution in [0.5, 0.6) is 0 Å². The number of nitro groups is 1. The number of benzene rings is 1. The van der Waals surface area contributed by atoms with Crippen molar-refractivity contribution in [3.8, 4) is 0 Å². The van der Waals surface area contributed by atoms with Crippen molar-refractivity contribution in [2.75, 3.05) is 11.9 Å². The van der Waals surface area contributed by atoms with Crippen molar-refractivity contribution in [2.45, 2.75) is 33.6 Å². The van der Waals surface area contributed by atoms with E-state index in [-0.39, 0.29) is 10.6 Å². The third-order valence-electron chi connectivity index (χ3n) is 3.52. The molecule has 0 spiro atoms. The molecule has 0 atom stereocenters. The summed E-state index contributed by atoms with van der Waals surface area (Å²) in [7, 11) is 0. The lowest BCUT2D eigenvalue weighted by atomic mass is 10.1. The minimum Gasteiger partial charge on any atom is -0.385 e. The summed E-state index contributed by atoms with van der Waals surface area (Å²) in [5, 5.41) is 17.9. The van der Waals surface area contributed by atoms with Gasteiger partial charge in [-0.2, -0.15) is 0 Å². The fourth-order valence-corrected chi connectivity index (χ4v) is 2.31. The van der Waals surface area contributed by atoms with E-state index in [1.807, 2.05) is 20.8 Å². The molecule has 0 fully saturated rings. The average molecular weight is 289 g/mol. The zero-order chi connectivity index (χ0) is 15.4. The van der Waals surface area contributed by atoms with Crippen LogP contribution in [0.3, 0.4) is 0 Å². The number of hydrogen-bond acceptors (Lipinski definition) is 5. The molecule has 0 saturated carbocycles. The molecule has 6 nitrogen and oxygen atoms in total. The van der Waals surface area contributed by atoms with Crippen molar-refractivity contribution in [3.05, 3.63) is 50.9 Å². The van der Waals surface area contributed by atoms with Crippen LogP contribution in [0.1, 0.15) is 29.0 Å². The van der Waals surface area contributed by atoms with Crippen LogP contribution in [0.4, 0.5) is 11.4 Å². The van der Waals surface area contributed by atoms with Crippen molar-refractivity contribution in [1.29, 1.82) is 0 Å². The lowest BCUT2D eigenvalue weighted by Crippen LogP contribution is -2.05. The van der Waals surface area contributed by atoms with Gasteiger partial charge >= 0.3 is 0 Å². The molecule has 0 aliphatic rings. The molecule has 6 heteroatoms. The zero-order valence-corrected chi connectivity index (χ0v) is 12.5.